The van der Waals surface area contributed by atoms with Gasteiger partial charge in [0.25, 0.3) is 0 Å². The van der Waals surface area contributed by atoms with Crippen LogP contribution in [-0.4, -0.2) is 29.7 Å². The summed E-state index contributed by atoms with van der Waals surface area (Å²) in [5, 5.41) is 0. The summed E-state index contributed by atoms with van der Waals surface area (Å²) in [7, 11) is 0. The van der Waals surface area contributed by atoms with E-state index >= 15 is 0 Å². The second kappa shape index (κ2) is 7.09. The van der Waals surface area contributed by atoms with Crippen LogP contribution >= 0.6 is 0 Å². The van der Waals surface area contributed by atoms with Gasteiger partial charge in [0.05, 0.1) is 6.54 Å². The monoisotopic (exact) mass is 288 g/mol. The van der Waals surface area contributed by atoms with E-state index in [-0.39, 0.29) is 12.1 Å². The zero-order chi connectivity index (χ0) is 15.3. The van der Waals surface area contributed by atoms with Gasteiger partial charge in [-0.05, 0) is 25.8 Å². The number of rotatable bonds is 6. The van der Waals surface area contributed by atoms with Gasteiger partial charge in [0, 0.05) is 18.1 Å². The van der Waals surface area contributed by atoms with Crippen LogP contribution in [0.3, 0.4) is 0 Å². The van der Waals surface area contributed by atoms with Crippen LogP contribution < -0.4 is 5.73 Å². The number of alkyl halides is 3. The Bertz CT molecular complexity index is 390. The highest BCUT2D eigenvalue weighted by molar-refractivity contribution is 5.20. The molecule has 2 unspecified atom stereocenters. The minimum absolute atomic E-state index is 0.212. The maximum Gasteiger partial charge on any atom is 0.401 e. The topological polar surface area (TPSA) is 29.3 Å². The zero-order valence-electron chi connectivity index (χ0n) is 12.2. The third kappa shape index (κ3) is 4.80. The van der Waals surface area contributed by atoms with E-state index in [4.69, 9.17) is 5.73 Å². The smallest absolute Gasteiger partial charge is 0.323 e. The van der Waals surface area contributed by atoms with Gasteiger partial charge < -0.3 is 5.73 Å². The number of benzene rings is 1. The van der Waals surface area contributed by atoms with Gasteiger partial charge in [-0.15, -0.1) is 0 Å². The maximum atomic E-state index is 12.7. The molecule has 1 rings (SSSR count). The first-order valence-corrected chi connectivity index (χ1v) is 6.89. The molecule has 1 aromatic carbocycles. The third-order valence-corrected chi connectivity index (χ3v) is 3.47. The Labute approximate surface area is 118 Å². The van der Waals surface area contributed by atoms with E-state index in [1.165, 1.54) is 4.90 Å². The summed E-state index contributed by atoms with van der Waals surface area (Å²) in [6, 6.07) is 8.32. The van der Waals surface area contributed by atoms with Gasteiger partial charge in [-0.3, -0.25) is 4.90 Å². The molecule has 0 aliphatic heterocycles. The average Bonchev–Trinajstić information content (AvgIpc) is 2.37. The van der Waals surface area contributed by atoms with Gasteiger partial charge in [0.2, 0.25) is 0 Å². The lowest BCUT2D eigenvalue weighted by Gasteiger charge is -2.38. The lowest BCUT2D eigenvalue weighted by atomic mass is 9.96. The highest BCUT2D eigenvalue weighted by Gasteiger charge is 2.36. The highest BCUT2D eigenvalue weighted by Crippen LogP contribution is 2.27. The van der Waals surface area contributed by atoms with Crippen molar-refractivity contribution in [2.45, 2.75) is 51.5 Å². The van der Waals surface area contributed by atoms with Crippen molar-refractivity contribution in [1.82, 2.24) is 4.90 Å². The Morgan fingerprint density at radius 2 is 1.70 bits per heavy atom. The molecule has 0 aliphatic carbocycles. The Morgan fingerprint density at radius 1 is 1.15 bits per heavy atom. The Hall–Kier alpha value is -1.07. The summed E-state index contributed by atoms with van der Waals surface area (Å²) in [6.07, 6.45) is -3.64. The maximum absolute atomic E-state index is 12.7. The van der Waals surface area contributed by atoms with Crippen molar-refractivity contribution in [3.8, 4) is 0 Å². The number of hydrogen-bond acceptors (Lipinski definition) is 2. The lowest BCUT2D eigenvalue weighted by Crippen LogP contribution is -2.50. The minimum Gasteiger partial charge on any atom is -0.323 e. The fourth-order valence-corrected chi connectivity index (χ4v) is 2.48. The van der Waals surface area contributed by atoms with Crippen LogP contribution in [0, 0.1) is 0 Å². The zero-order valence-corrected chi connectivity index (χ0v) is 12.2. The molecule has 0 radical (unpaired) electrons. The Balaban J connectivity index is 2.96. The third-order valence-electron chi connectivity index (χ3n) is 3.47. The van der Waals surface area contributed by atoms with Crippen LogP contribution in [0.4, 0.5) is 13.2 Å². The van der Waals surface area contributed by atoms with Crippen LogP contribution in [0.5, 0.6) is 0 Å². The van der Waals surface area contributed by atoms with Crippen molar-refractivity contribution in [2.24, 2.45) is 5.73 Å². The molecule has 2 nitrogen and oxygen atoms in total. The molecular weight excluding hydrogens is 265 g/mol. The van der Waals surface area contributed by atoms with E-state index in [2.05, 4.69) is 0 Å². The number of halogens is 3. The standard InChI is InChI=1S/C15H23F3N2/c1-4-13(14(19)12-8-6-5-7-9-12)20(11(2)3)10-15(16,17)18/h5-9,11,13-14H,4,10,19H2,1-3H3. The Kier molecular flexibility index (Phi) is 6.02. The van der Waals surface area contributed by atoms with Crippen molar-refractivity contribution < 1.29 is 13.2 Å². The average molecular weight is 288 g/mol. The molecule has 2 N–H and O–H groups in total. The SMILES string of the molecule is CCC(C(N)c1ccccc1)N(CC(F)(F)F)C(C)C. The molecule has 2 atom stereocenters. The van der Waals surface area contributed by atoms with Gasteiger partial charge in [-0.25, -0.2) is 0 Å². The summed E-state index contributed by atoms with van der Waals surface area (Å²) in [5.74, 6) is 0. The van der Waals surface area contributed by atoms with Gasteiger partial charge in [-0.2, -0.15) is 13.2 Å². The summed E-state index contributed by atoms with van der Waals surface area (Å²) in [6.45, 7) is 4.49. The molecular formula is C15H23F3N2. The predicted octanol–water partition coefficient (Wildman–Crippen LogP) is 3.74. The summed E-state index contributed by atoms with van der Waals surface area (Å²) < 4.78 is 38.2. The predicted molar refractivity (Wildman–Crippen MR) is 75.3 cm³/mol. The first-order chi connectivity index (χ1) is 9.26. The first-order valence-electron chi connectivity index (χ1n) is 6.89. The molecule has 0 heterocycles. The molecule has 0 spiro atoms. The van der Waals surface area contributed by atoms with Crippen LogP contribution in [0.1, 0.15) is 38.8 Å². The molecule has 114 valence electrons. The van der Waals surface area contributed by atoms with Gasteiger partial charge >= 0.3 is 6.18 Å². The van der Waals surface area contributed by atoms with Crippen molar-refractivity contribution in [2.75, 3.05) is 6.54 Å². The van der Waals surface area contributed by atoms with E-state index in [1.807, 2.05) is 37.3 Å². The molecule has 0 bridgehead atoms. The fourth-order valence-electron chi connectivity index (χ4n) is 2.48. The van der Waals surface area contributed by atoms with Crippen LogP contribution in [0.2, 0.25) is 0 Å². The number of nitrogens with two attached hydrogens (primary N) is 1. The van der Waals surface area contributed by atoms with Gasteiger partial charge in [0.15, 0.2) is 0 Å². The fraction of sp³-hybridized carbons (Fsp3) is 0.600. The van der Waals surface area contributed by atoms with Gasteiger partial charge in [0.1, 0.15) is 0 Å². The summed E-state index contributed by atoms with van der Waals surface area (Å²) in [5.41, 5.74) is 7.07. The molecule has 0 amide bonds. The Morgan fingerprint density at radius 3 is 2.10 bits per heavy atom. The molecule has 0 saturated carbocycles. The highest BCUT2D eigenvalue weighted by atomic mass is 19.4. The van der Waals surface area contributed by atoms with Crippen molar-refractivity contribution in [3.63, 3.8) is 0 Å². The number of nitrogens with zero attached hydrogens (tertiary/aromatic N) is 1. The van der Waals surface area contributed by atoms with E-state index in [0.29, 0.717) is 6.42 Å². The van der Waals surface area contributed by atoms with E-state index < -0.39 is 18.8 Å². The minimum atomic E-state index is -4.21. The molecule has 5 heteroatoms. The molecule has 0 aromatic heterocycles. The van der Waals surface area contributed by atoms with Crippen LogP contribution in [-0.2, 0) is 0 Å². The first kappa shape index (κ1) is 17.0. The van der Waals surface area contributed by atoms with E-state index in [9.17, 15) is 13.2 Å². The molecule has 0 saturated heterocycles. The second-order valence-electron chi connectivity index (χ2n) is 5.29. The largest absolute Gasteiger partial charge is 0.401 e. The molecule has 0 fully saturated rings. The molecule has 0 aliphatic rings. The van der Waals surface area contributed by atoms with Gasteiger partial charge in [-0.1, -0.05) is 37.3 Å². The quantitative estimate of drug-likeness (QED) is 0.864. The van der Waals surface area contributed by atoms with Crippen molar-refractivity contribution in [1.29, 1.82) is 0 Å². The van der Waals surface area contributed by atoms with Crippen LogP contribution in [0.15, 0.2) is 30.3 Å². The summed E-state index contributed by atoms with van der Waals surface area (Å²) in [4.78, 5) is 1.44. The molecule has 20 heavy (non-hydrogen) atoms. The van der Waals surface area contributed by atoms with Crippen molar-refractivity contribution >= 4 is 0 Å². The lowest BCUT2D eigenvalue weighted by molar-refractivity contribution is -0.156. The summed E-state index contributed by atoms with van der Waals surface area (Å²) >= 11 is 0. The molecule has 1 aromatic rings. The van der Waals surface area contributed by atoms with Crippen molar-refractivity contribution in [3.05, 3.63) is 35.9 Å². The number of hydrogen-bond donors (Lipinski definition) is 1. The second-order valence-corrected chi connectivity index (χ2v) is 5.29. The van der Waals surface area contributed by atoms with E-state index in [1.54, 1.807) is 13.8 Å². The van der Waals surface area contributed by atoms with Crippen LogP contribution in [0.25, 0.3) is 0 Å². The normalized spacial score (nSPS) is 15.7. The van der Waals surface area contributed by atoms with E-state index in [0.717, 1.165) is 5.56 Å².